The highest BCUT2D eigenvalue weighted by Crippen LogP contribution is 2.18. The van der Waals surface area contributed by atoms with Crippen LogP contribution in [0.4, 0.5) is 0 Å². The monoisotopic (exact) mass is 333 g/mol. The van der Waals surface area contributed by atoms with Gasteiger partial charge in [-0.2, -0.15) is 5.10 Å². The molecule has 0 N–H and O–H groups in total. The van der Waals surface area contributed by atoms with E-state index in [9.17, 15) is 9.59 Å². The highest BCUT2D eigenvalue weighted by atomic mass is 32.1. The summed E-state index contributed by atoms with van der Waals surface area (Å²) in [6.07, 6.45) is 3.47. The fraction of sp³-hybridized carbons (Fsp3) is 0.467. The van der Waals surface area contributed by atoms with E-state index in [1.807, 2.05) is 28.9 Å². The molecule has 8 heteroatoms. The molecular weight excluding hydrogens is 314 g/mol. The van der Waals surface area contributed by atoms with E-state index in [-0.39, 0.29) is 11.8 Å². The normalized spacial score (nSPS) is 15.0. The van der Waals surface area contributed by atoms with Crippen LogP contribution >= 0.6 is 11.3 Å². The van der Waals surface area contributed by atoms with E-state index < -0.39 is 0 Å². The van der Waals surface area contributed by atoms with Crippen molar-refractivity contribution in [2.24, 2.45) is 0 Å². The number of carbonyl (C=O) groups is 2. The zero-order valence-corrected chi connectivity index (χ0v) is 13.8. The Morgan fingerprint density at radius 2 is 1.91 bits per heavy atom. The Morgan fingerprint density at radius 1 is 1.17 bits per heavy atom. The lowest BCUT2D eigenvalue weighted by Crippen LogP contribution is -2.50. The van der Waals surface area contributed by atoms with Gasteiger partial charge in [-0.25, -0.2) is 4.98 Å². The van der Waals surface area contributed by atoms with E-state index in [4.69, 9.17) is 0 Å². The second-order valence-corrected chi connectivity index (χ2v) is 6.78. The topological polar surface area (TPSA) is 71.3 Å². The lowest BCUT2D eigenvalue weighted by Gasteiger charge is -2.34. The maximum atomic E-state index is 12.4. The van der Waals surface area contributed by atoms with E-state index in [1.165, 1.54) is 17.7 Å². The van der Waals surface area contributed by atoms with Crippen molar-refractivity contribution in [2.75, 3.05) is 26.2 Å². The van der Waals surface area contributed by atoms with Gasteiger partial charge in [-0.15, -0.1) is 11.3 Å². The van der Waals surface area contributed by atoms with E-state index in [1.54, 1.807) is 11.0 Å². The van der Waals surface area contributed by atoms with Gasteiger partial charge in [0.1, 0.15) is 12.7 Å². The number of aromatic nitrogens is 3. The molecule has 23 heavy (non-hydrogen) atoms. The van der Waals surface area contributed by atoms with Gasteiger partial charge in [-0.05, 0) is 19.1 Å². The Labute approximate surface area is 138 Å². The van der Waals surface area contributed by atoms with Crippen molar-refractivity contribution in [2.45, 2.75) is 19.9 Å². The zero-order valence-electron chi connectivity index (χ0n) is 13.0. The lowest BCUT2D eigenvalue weighted by molar-refractivity contribution is -0.132. The smallest absolute Gasteiger partial charge is 0.264 e. The van der Waals surface area contributed by atoms with Gasteiger partial charge in [-0.3, -0.25) is 14.3 Å². The summed E-state index contributed by atoms with van der Waals surface area (Å²) in [7, 11) is 0. The summed E-state index contributed by atoms with van der Waals surface area (Å²) in [5.74, 6) is 0.164. The van der Waals surface area contributed by atoms with Gasteiger partial charge in [0.2, 0.25) is 5.91 Å². The maximum Gasteiger partial charge on any atom is 0.264 e. The first-order valence-electron chi connectivity index (χ1n) is 7.59. The number of amides is 2. The van der Waals surface area contributed by atoms with Crippen molar-refractivity contribution in [3.05, 3.63) is 34.5 Å². The van der Waals surface area contributed by atoms with Crippen LogP contribution in [0.25, 0.3) is 0 Å². The second kappa shape index (κ2) is 6.91. The van der Waals surface area contributed by atoms with Crippen LogP contribution < -0.4 is 0 Å². The van der Waals surface area contributed by atoms with Crippen LogP contribution in [0.2, 0.25) is 0 Å². The van der Waals surface area contributed by atoms with Crippen LogP contribution in [-0.2, 0) is 11.3 Å². The van der Waals surface area contributed by atoms with Gasteiger partial charge in [-0.1, -0.05) is 0 Å². The molecule has 1 saturated heterocycles. The molecule has 1 aliphatic heterocycles. The fourth-order valence-corrected chi connectivity index (χ4v) is 3.42. The Balaban J connectivity index is 1.48. The van der Waals surface area contributed by atoms with E-state index in [0.717, 1.165) is 9.75 Å². The van der Waals surface area contributed by atoms with Gasteiger partial charge < -0.3 is 9.80 Å². The summed E-state index contributed by atoms with van der Waals surface area (Å²) < 4.78 is 1.65. The third-order valence-corrected chi connectivity index (χ3v) is 4.88. The number of aryl methyl sites for hydroxylation is 2. The molecule has 2 amide bonds. The van der Waals surface area contributed by atoms with Crippen LogP contribution in [0, 0.1) is 6.92 Å². The molecule has 0 aliphatic carbocycles. The van der Waals surface area contributed by atoms with Gasteiger partial charge in [0.05, 0.1) is 11.4 Å². The highest BCUT2D eigenvalue weighted by molar-refractivity contribution is 7.13. The number of piperazine rings is 1. The number of rotatable bonds is 4. The Morgan fingerprint density at radius 3 is 2.52 bits per heavy atom. The predicted molar refractivity (Wildman–Crippen MR) is 86.2 cm³/mol. The summed E-state index contributed by atoms with van der Waals surface area (Å²) in [6, 6.07) is 3.83. The third-order valence-electron chi connectivity index (χ3n) is 3.89. The van der Waals surface area contributed by atoms with E-state index >= 15 is 0 Å². The van der Waals surface area contributed by atoms with Gasteiger partial charge in [0.25, 0.3) is 5.91 Å². The maximum absolute atomic E-state index is 12.4. The van der Waals surface area contributed by atoms with Crippen LogP contribution in [0.1, 0.15) is 21.0 Å². The molecule has 7 nitrogen and oxygen atoms in total. The van der Waals surface area contributed by atoms with Gasteiger partial charge in [0.15, 0.2) is 0 Å². The average Bonchev–Trinajstić information content (AvgIpc) is 3.23. The number of hydrogen-bond acceptors (Lipinski definition) is 5. The first-order valence-corrected chi connectivity index (χ1v) is 8.41. The molecule has 2 aromatic heterocycles. The second-order valence-electron chi connectivity index (χ2n) is 5.49. The molecule has 0 saturated carbocycles. The quantitative estimate of drug-likeness (QED) is 0.838. The highest BCUT2D eigenvalue weighted by Gasteiger charge is 2.25. The third kappa shape index (κ3) is 3.76. The van der Waals surface area contributed by atoms with E-state index in [2.05, 4.69) is 10.1 Å². The van der Waals surface area contributed by atoms with Crippen molar-refractivity contribution in [3.63, 3.8) is 0 Å². The number of nitrogens with zero attached hydrogens (tertiary/aromatic N) is 5. The molecule has 0 unspecified atom stereocenters. The molecule has 0 atom stereocenters. The average molecular weight is 333 g/mol. The molecule has 122 valence electrons. The minimum Gasteiger partial charge on any atom is -0.339 e. The van der Waals surface area contributed by atoms with Gasteiger partial charge in [0, 0.05) is 37.5 Å². The van der Waals surface area contributed by atoms with Crippen LogP contribution in [0.15, 0.2) is 24.8 Å². The van der Waals surface area contributed by atoms with Crippen LogP contribution in [0.3, 0.4) is 0 Å². The first kappa shape index (κ1) is 15.7. The SMILES string of the molecule is Cc1ccc(C(=O)N2CCN(C(=O)CCn3cncn3)CC2)s1. The minimum absolute atomic E-state index is 0.0674. The Hall–Kier alpha value is -2.22. The summed E-state index contributed by atoms with van der Waals surface area (Å²) >= 11 is 1.52. The molecule has 3 heterocycles. The molecule has 1 aliphatic rings. The Bertz CT molecular complexity index is 674. The molecule has 0 radical (unpaired) electrons. The standard InChI is InChI=1S/C15H19N5O2S/c1-12-2-3-13(23-12)15(22)19-8-6-18(7-9-19)14(21)4-5-20-11-16-10-17-20/h2-3,10-11H,4-9H2,1H3. The lowest BCUT2D eigenvalue weighted by atomic mass is 10.2. The predicted octanol–water partition coefficient (Wildman–Crippen LogP) is 1.02. The summed E-state index contributed by atoms with van der Waals surface area (Å²) in [6.45, 7) is 4.88. The van der Waals surface area contributed by atoms with Crippen molar-refractivity contribution < 1.29 is 9.59 Å². The molecule has 0 aromatic carbocycles. The van der Waals surface area contributed by atoms with Gasteiger partial charge >= 0.3 is 0 Å². The molecule has 0 bridgehead atoms. The molecule has 0 spiro atoms. The van der Waals surface area contributed by atoms with Crippen molar-refractivity contribution in [1.82, 2.24) is 24.6 Å². The van der Waals surface area contributed by atoms with E-state index in [0.29, 0.717) is 39.1 Å². The fourth-order valence-electron chi connectivity index (χ4n) is 2.58. The summed E-state index contributed by atoms with van der Waals surface area (Å²) in [5, 5.41) is 3.99. The molecule has 1 fully saturated rings. The number of carbonyl (C=O) groups excluding carboxylic acids is 2. The van der Waals surface area contributed by atoms with Crippen molar-refractivity contribution >= 4 is 23.2 Å². The van der Waals surface area contributed by atoms with Crippen molar-refractivity contribution in [1.29, 1.82) is 0 Å². The molecular formula is C15H19N5O2S. The zero-order chi connectivity index (χ0) is 16.2. The largest absolute Gasteiger partial charge is 0.339 e. The van der Waals surface area contributed by atoms with Crippen molar-refractivity contribution in [3.8, 4) is 0 Å². The minimum atomic E-state index is 0.0674. The summed E-state index contributed by atoms with van der Waals surface area (Å²) in [4.78, 5) is 34.0. The van der Waals surface area contributed by atoms with Crippen LogP contribution in [-0.4, -0.2) is 62.6 Å². The van der Waals surface area contributed by atoms with Crippen LogP contribution in [0.5, 0.6) is 0 Å². The molecule has 3 rings (SSSR count). The summed E-state index contributed by atoms with van der Waals surface area (Å²) in [5.41, 5.74) is 0. The number of thiophene rings is 1. The molecule has 2 aromatic rings. The first-order chi connectivity index (χ1) is 11.1. The Kier molecular flexibility index (Phi) is 4.71. The number of hydrogen-bond donors (Lipinski definition) is 0.